The molecule has 1 fully saturated rings. The summed E-state index contributed by atoms with van der Waals surface area (Å²) in [7, 11) is 0. The SMILES string of the molecule is Cc1ccc(C)c(C(=O)NCC2(O)CCSC2)c1. The molecule has 0 radical (unpaired) electrons. The normalized spacial score (nSPS) is 23.1. The maximum Gasteiger partial charge on any atom is 0.251 e. The first-order valence-electron chi connectivity index (χ1n) is 6.16. The Balaban J connectivity index is 2.01. The molecule has 4 heteroatoms. The van der Waals surface area contributed by atoms with E-state index in [0.29, 0.717) is 17.9 Å². The van der Waals surface area contributed by atoms with Crippen molar-refractivity contribution in [1.82, 2.24) is 5.32 Å². The zero-order valence-corrected chi connectivity index (χ0v) is 11.6. The number of benzene rings is 1. The van der Waals surface area contributed by atoms with E-state index in [4.69, 9.17) is 0 Å². The summed E-state index contributed by atoms with van der Waals surface area (Å²) >= 11 is 1.73. The van der Waals surface area contributed by atoms with Crippen LogP contribution in [-0.2, 0) is 0 Å². The minimum atomic E-state index is -0.724. The third-order valence-corrected chi connectivity index (χ3v) is 4.53. The van der Waals surface area contributed by atoms with Crippen LogP contribution in [-0.4, -0.2) is 34.7 Å². The molecule has 2 N–H and O–H groups in total. The Morgan fingerprint density at radius 1 is 1.50 bits per heavy atom. The van der Waals surface area contributed by atoms with Crippen molar-refractivity contribution in [2.24, 2.45) is 0 Å². The molecule has 1 aromatic rings. The number of rotatable bonds is 3. The minimum absolute atomic E-state index is 0.0958. The van der Waals surface area contributed by atoms with E-state index in [1.54, 1.807) is 11.8 Å². The lowest BCUT2D eigenvalue weighted by Crippen LogP contribution is -2.43. The molecule has 3 nitrogen and oxygen atoms in total. The van der Waals surface area contributed by atoms with E-state index in [0.717, 1.165) is 23.3 Å². The van der Waals surface area contributed by atoms with Gasteiger partial charge >= 0.3 is 0 Å². The molecule has 2 rings (SSSR count). The van der Waals surface area contributed by atoms with Gasteiger partial charge in [-0.3, -0.25) is 4.79 Å². The number of hydrogen-bond donors (Lipinski definition) is 2. The van der Waals surface area contributed by atoms with Crippen molar-refractivity contribution in [2.75, 3.05) is 18.1 Å². The molecule has 1 aliphatic rings. The first-order valence-corrected chi connectivity index (χ1v) is 7.31. The van der Waals surface area contributed by atoms with Crippen molar-refractivity contribution >= 4 is 17.7 Å². The first kappa shape index (κ1) is 13.4. The van der Waals surface area contributed by atoms with Crippen LogP contribution in [0, 0.1) is 13.8 Å². The summed E-state index contributed by atoms with van der Waals surface area (Å²) in [5, 5.41) is 13.0. The fourth-order valence-corrected chi connectivity index (χ4v) is 3.35. The summed E-state index contributed by atoms with van der Waals surface area (Å²) in [6.45, 7) is 4.23. The van der Waals surface area contributed by atoms with Crippen LogP contribution in [0.5, 0.6) is 0 Å². The summed E-state index contributed by atoms with van der Waals surface area (Å²) in [6.07, 6.45) is 0.755. The van der Waals surface area contributed by atoms with Gasteiger partial charge in [-0.1, -0.05) is 17.7 Å². The Labute approximate surface area is 112 Å². The van der Waals surface area contributed by atoms with Crippen LogP contribution >= 0.6 is 11.8 Å². The summed E-state index contributed by atoms with van der Waals surface area (Å²) < 4.78 is 0. The summed E-state index contributed by atoms with van der Waals surface area (Å²) in [4.78, 5) is 12.1. The van der Waals surface area contributed by atoms with Crippen LogP contribution in [0.4, 0.5) is 0 Å². The monoisotopic (exact) mass is 265 g/mol. The van der Waals surface area contributed by atoms with Gasteiger partial charge in [0.2, 0.25) is 0 Å². The van der Waals surface area contributed by atoms with Crippen LogP contribution in [0.15, 0.2) is 18.2 Å². The largest absolute Gasteiger partial charge is 0.387 e. The highest BCUT2D eigenvalue weighted by Gasteiger charge is 2.32. The third-order valence-electron chi connectivity index (χ3n) is 3.30. The van der Waals surface area contributed by atoms with Gasteiger partial charge in [-0.15, -0.1) is 0 Å². The second-order valence-electron chi connectivity index (χ2n) is 5.03. The lowest BCUT2D eigenvalue weighted by molar-refractivity contribution is 0.0612. The standard InChI is InChI=1S/C14H19NO2S/c1-10-3-4-11(2)12(7-10)13(16)15-8-14(17)5-6-18-9-14/h3-4,7,17H,5-6,8-9H2,1-2H3,(H,15,16). The molecule has 18 heavy (non-hydrogen) atoms. The van der Waals surface area contributed by atoms with E-state index in [1.165, 1.54) is 0 Å². The average Bonchev–Trinajstić information content (AvgIpc) is 2.77. The molecule has 0 aromatic heterocycles. The fourth-order valence-electron chi connectivity index (χ4n) is 2.06. The Kier molecular flexibility index (Phi) is 3.97. The molecule has 1 amide bonds. The Bertz CT molecular complexity index is 453. The van der Waals surface area contributed by atoms with Crippen LogP contribution in [0.25, 0.3) is 0 Å². The molecule has 0 saturated carbocycles. The fraction of sp³-hybridized carbons (Fsp3) is 0.500. The Morgan fingerprint density at radius 3 is 2.94 bits per heavy atom. The molecule has 0 bridgehead atoms. The second kappa shape index (κ2) is 5.33. The molecule has 98 valence electrons. The van der Waals surface area contributed by atoms with Crippen molar-refractivity contribution in [3.63, 3.8) is 0 Å². The van der Waals surface area contributed by atoms with E-state index in [2.05, 4.69) is 5.32 Å². The minimum Gasteiger partial charge on any atom is -0.387 e. The summed E-state index contributed by atoms with van der Waals surface area (Å²) in [5.74, 6) is 1.58. The number of carbonyl (C=O) groups excluding carboxylic acids is 1. The van der Waals surface area contributed by atoms with E-state index in [1.807, 2.05) is 32.0 Å². The quantitative estimate of drug-likeness (QED) is 0.877. The first-order chi connectivity index (χ1) is 8.50. The number of thioether (sulfide) groups is 1. The van der Waals surface area contributed by atoms with Gasteiger partial charge in [-0.05, 0) is 37.7 Å². The van der Waals surface area contributed by atoms with Gasteiger partial charge in [0.05, 0.1) is 5.60 Å². The van der Waals surface area contributed by atoms with Crippen molar-refractivity contribution in [1.29, 1.82) is 0 Å². The molecule has 1 heterocycles. The molecular formula is C14H19NO2S. The van der Waals surface area contributed by atoms with E-state index in [-0.39, 0.29) is 5.91 Å². The van der Waals surface area contributed by atoms with Gasteiger partial charge in [0.1, 0.15) is 0 Å². The van der Waals surface area contributed by atoms with Crippen molar-refractivity contribution in [3.8, 4) is 0 Å². The molecule has 1 atom stereocenters. The van der Waals surface area contributed by atoms with Crippen molar-refractivity contribution < 1.29 is 9.90 Å². The molecule has 1 aliphatic heterocycles. The van der Waals surface area contributed by atoms with Gasteiger partial charge in [0.15, 0.2) is 0 Å². The number of aryl methyl sites for hydroxylation is 2. The molecule has 0 spiro atoms. The predicted octanol–water partition coefficient (Wildman–Crippen LogP) is 1.90. The highest BCUT2D eigenvalue weighted by molar-refractivity contribution is 7.99. The van der Waals surface area contributed by atoms with Gasteiger partial charge in [0.25, 0.3) is 5.91 Å². The van der Waals surface area contributed by atoms with Crippen molar-refractivity contribution in [2.45, 2.75) is 25.9 Å². The smallest absolute Gasteiger partial charge is 0.251 e. The highest BCUT2D eigenvalue weighted by atomic mass is 32.2. The van der Waals surface area contributed by atoms with Gasteiger partial charge in [0, 0.05) is 17.9 Å². The Morgan fingerprint density at radius 2 is 2.28 bits per heavy atom. The highest BCUT2D eigenvalue weighted by Crippen LogP contribution is 2.27. The van der Waals surface area contributed by atoms with Gasteiger partial charge in [-0.25, -0.2) is 0 Å². The second-order valence-corrected chi connectivity index (χ2v) is 6.13. The molecular weight excluding hydrogens is 246 g/mol. The van der Waals surface area contributed by atoms with Gasteiger partial charge in [-0.2, -0.15) is 11.8 Å². The zero-order valence-electron chi connectivity index (χ0n) is 10.8. The molecule has 0 aliphatic carbocycles. The van der Waals surface area contributed by atoms with Crippen molar-refractivity contribution in [3.05, 3.63) is 34.9 Å². The number of amides is 1. The van der Waals surface area contributed by atoms with Gasteiger partial charge < -0.3 is 10.4 Å². The number of carbonyl (C=O) groups is 1. The van der Waals surface area contributed by atoms with E-state index >= 15 is 0 Å². The lowest BCUT2D eigenvalue weighted by Gasteiger charge is -2.21. The third kappa shape index (κ3) is 3.06. The average molecular weight is 265 g/mol. The van der Waals surface area contributed by atoms with Crippen LogP contribution in [0.2, 0.25) is 0 Å². The van der Waals surface area contributed by atoms with Crippen LogP contribution < -0.4 is 5.32 Å². The summed E-state index contributed by atoms with van der Waals surface area (Å²) in [6, 6.07) is 5.83. The number of aliphatic hydroxyl groups is 1. The summed E-state index contributed by atoms with van der Waals surface area (Å²) in [5.41, 5.74) is 2.01. The molecule has 1 saturated heterocycles. The van der Waals surface area contributed by atoms with Crippen LogP contribution in [0.1, 0.15) is 27.9 Å². The molecule has 1 unspecified atom stereocenters. The maximum atomic E-state index is 12.1. The predicted molar refractivity (Wildman–Crippen MR) is 75.1 cm³/mol. The topological polar surface area (TPSA) is 49.3 Å². The molecule has 1 aromatic carbocycles. The zero-order chi connectivity index (χ0) is 13.2. The number of nitrogens with one attached hydrogen (secondary N) is 1. The number of hydrogen-bond acceptors (Lipinski definition) is 3. The maximum absolute atomic E-state index is 12.1. The van der Waals surface area contributed by atoms with E-state index < -0.39 is 5.60 Å². The lowest BCUT2D eigenvalue weighted by atomic mass is 10.0. The Hall–Kier alpha value is -1.00. The van der Waals surface area contributed by atoms with E-state index in [9.17, 15) is 9.90 Å². The van der Waals surface area contributed by atoms with Crippen LogP contribution in [0.3, 0.4) is 0 Å².